The largest absolute Gasteiger partial charge is 0.465 e. The van der Waals surface area contributed by atoms with Crippen LogP contribution in [0.15, 0.2) is 24.3 Å². The van der Waals surface area contributed by atoms with Crippen molar-refractivity contribution < 1.29 is 19.4 Å². The summed E-state index contributed by atoms with van der Waals surface area (Å²) in [6, 6.07) is 6.03. The molecule has 1 amide bonds. The summed E-state index contributed by atoms with van der Waals surface area (Å²) in [7, 11) is 0. The van der Waals surface area contributed by atoms with Crippen molar-refractivity contribution in [2.45, 2.75) is 6.92 Å². The molecule has 0 aromatic heterocycles. The molecule has 1 rings (SSSR count). The van der Waals surface area contributed by atoms with Crippen molar-refractivity contribution in [2.75, 3.05) is 5.32 Å². The van der Waals surface area contributed by atoms with Crippen LogP contribution in [0, 0.1) is 0 Å². The van der Waals surface area contributed by atoms with E-state index in [2.05, 4.69) is 5.32 Å². The minimum Gasteiger partial charge on any atom is -0.465 e. The number of ether oxygens (including phenoxy) is 1. The Morgan fingerprint density at radius 1 is 1.29 bits per heavy atom. The Morgan fingerprint density at radius 3 is 2.29 bits per heavy atom. The molecular weight excluding hydrogens is 186 g/mol. The Labute approximate surface area is 80.3 Å². The summed E-state index contributed by atoms with van der Waals surface area (Å²) in [5, 5.41) is 10.5. The summed E-state index contributed by atoms with van der Waals surface area (Å²) in [4.78, 5) is 20.8. The lowest BCUT2D eigenvalue weighted by Gasteiger charge is -2.02. The number of rotatable bonds is 2. The van der Waals surface area contributed by atoms with Gasteiger partial charge in [-0.05, 0) is 24.3 Å². The van der Waals surface area contributed by atoms with E-state index >= 15 is 0 Å². The summed E-state index contributed by atoms with van der Waals surface area (Å²) >= 11 is 0. The Morgan fingerprint density at radius 2 is 1.86 bits per heavy atom. The van der Waals surface area contributed by atoms with Gasteiger partial charge in [0.05, 0.1) is 0 Å². The Kier molecular flexibility index (Phi) is 3.06. The molecule has 0 bridgehead atoms. The van der Waals surface area contributed by atoms with Crippen LogP contribution in [0.1, 0.15) is 6.92 Å². The first-order chi connectivity index (χ1) is 6.58. The molecule has 1 aromatic carbocycles. The van der Waals surface area contributed by atoms with Gasteiger partial charge in [-0.3, -0.25) is 10.1 Å². The van der Waals surface area contributed by atoms with E-state index in [1.165, 1.54) is 31.2 Å². The summed E-state index contributed by atoms with van der Waals surface area (Å²) in [6.45, 7) is 1.30. The number of esters is 1. The molecule has 0 heterocycles. The summed E-state index contributed by atoms with van der Waals surface area (Å²) in [5.74, 6) is -0.0302. The Bertz CT molecular complexity index is 309. The second-order valence-corrected chi connectivity index (χ2v) is 2.55. The van der Waals surface area contributed by atoms with Gasteiger partial charge in [-0.25, -0.2) is 4.79 Å². The summed E-state index contributed by atoms with van der Waals surface area (Å²) in [6.07, 6.45) is -1.13. The minimum absolute atomic E-state index is 0.383. The number of anilines is 1. The van der Waals surface area contributed by atoms with E-state index in [1.54, 1.807) is 0 Å². The summed E-state index contributed by atoms with van der Waals surface area (Å²) < 4.78 is 4.76. The van der Waals surface area contributed by atoms with Crippen molar-refractivity contribution in [3.05, 3.63) is 24.3 Å². The molecule has 0 unspecified atom stereocenters. The van der Waals surface area contributed by atoms with E-state index in [4.69, 9.17) is 9.84 Å². The van der Waals surface area contributed by atoms with Crippen LogP contribution >= 0.6 is 0 Å². The van der Waals surface area contributed by atoms with E-state index in [-0.39, 0.29) is 0 Å². The number of benzene rings is 1. The van der Waals surface area contributed by atoms with Crippen molar-refractivity contribution >= 4 is 17.7 Å². The molecule has 0 aliphatic heterocycles. The maximum absolute atomic E-state index is 10.5. The average Bonchev–Trinajstić information content (AvgIpc) is 2.06. The summed E-state index contributed by atoms with van der Waals surface area (Å²) in [5.41, 5.74) is 0.424. The van der Waals surface area contributed by atoms with E-state index in [1.807, 2.05) is 0 Å². The highest BCUT2D eigenvalue weighted by atomic mass is 16.5. The highest BCUT2D eigenvalue weighted by Gasteiger charge is 1.99. The highest BCUT2D eigenvalue weighted by molar-refractivity contribution is 5.82. The van der Waals surface area contributed by atoms with Gasteiger partial charge in [-0.1, -0.05) is 0 Å². The topological polar surface area (TPSA) is 75.6 Å². The van der Waals surface area contributed by atoms with E-state index < -0.39 is 12.1 Å². The fourth-order valence-corrected chi connectivity index (χ4v) is 0.896. The molecule has 14 heavy (non-hydrogen) atoms. The van der Waals surface area contributed by atoms with Gasteiger partial charge in [0.15, 0.2) is 0 Å². The van der Waals surface area contributed by atoms with Crippen molar-refractivity contribution in [3.8, 4) is 5.75 Å². The molecule has 0 aliphatic carbocycles. The zero-order valence-corrected chi connectivity index (χ0v) is 7.48. The Hall–Kier alpha value is -2.04. The van der Waals surface area contributed by atoms with E-state index in [9.17, 15) is 9.59 Å². The zero-order valence-electron chi connectivity index (χ0n) is 7.48. The molecule has 5 nitrogen and oxygen atoms in total. The van der Waals surface area contributed by atoms with Crippen LogP contribution in [0.4, 0.5) is 10.5 Å². The van der Waals surface area contributed by atoms with Crippen LogP contribution in [0.5, 0.6) is 5.75 Å². The fourth-order valence-electron chi connectivity index (χ4n) is 0.896. The number of carbonyl (C=O) groups is 2. The highest BCUT2D eigenvalue weighted by Crippen LogP contribution is 2.15. The molecule has 2 N–H and O–H groups in total. The van der Waals surface area contributed by atoms with Gasteiger partial charge in [-0.2, -0.15) is 0 Å². The van der Waals surface area contributed by atoms with Crippen LogP contribution in [0.3, 0.4) is 0 Å². The van der Waals surface area contributed by atoms with Gasteiger partial charge in [0, 0.05) is 12.6 Å². The second kappa shape index (κ2) is 4.27. The molecule has 0 saturated carbocycles. The number of carbonyl (C=O) groups excluding carboxylic acids is 1. The first kappa shape index (κ1) is 10.0. The smallest absolute Gasteiger partial charge is 0.409 e. The number of hydrogen-bond donors (Lipinski definition) is 2. The van der Waals surface area contributed by atoms with Crippen LogP contribution in [-0.4, -0.2) is 17.2 Å². The molecule has 74 valence electrons. The van der Waals surface area contributed by atoms with Crippen LogP contribution in [-0.2, 0) is 4.79 Å². The maximum atomic E-state index is 10.5. The number of hydrogen-bond acceptors (Lipinski definition) is 3. The van der Waals surface area contributed by atoms with Crippen LogP contribution < -0.4 is 10.1 Å². The molecule has 5 heteroatoms. The molecule has 0 radical (unpaired) electrons. The van der Waals surface area contributed by atoms with Crippen molar-refractivity contribution in [1.82, 2.24) is 0 Å². The van der Waals surface area contributed by atoms with Gasteiger partial charge in [0.1, 0.15) is 5.75 Å². The van der Waals surface area contributed by atoms with Crippen molar-refractivity contribution in [3.63, 3.8) is 0 Å². The molecule has 0 aliphatic rings. The molecule has 0 spiro atoms. The van der Waals surface area contributed by atoms with E-state index in [0.29, 0.717) is 11.4 Å². The first-order valence-corrected chi connectivity index (χ1v) is 3.86. The Balaban J connectivity index is 2.68. The average molecular weight is 195 g/mol. The van der Waals surface area contributed by atoms with Gasteiger partial charge in [-0.15, -0.1) is 0 Å². The molecule has 0 saturated heterocycles. The van der Waals surface area contributed by atoms with Gasteiger partial charge in [0.25, 0.3) is 0 Å². The first-order valence-electron chi connectivity index (χ1n) is 3.86. The third-order valence-electron chi connectivity index (χ3n) is 1.37. The molecule has 0 atom stereocenters. The molecular formula is C9H9NO4. The quantitative estimate of drug-likeness (QED) is 0.556. The lowest BCUT2D eigenvalue weighted by Crippen LogP contribution is -2.07. The maximum Gasteiger partial charge on any atom is 0.409 e. The van der Waals surface area contributed by atoms with Crippen LogP contribution in [0.25, 0.3) is 0 Å². The van der Waals surface area contributed by atoms with Crippen LogP contribution in [0.2, 0.25) is 0 Å². The predicted molar refractivity (Wildman–Crippen MR) is 49.4 cm³/mol. The fraction of sp³-hybridized carbons (Fsp3) is 0.111. The van der Waals surface area contributed by atoms with E-state index in [0.717, 1.165) is 0 Å². The van der Waals surface area contributed by atoms with Crippen molar-refractivity contribution in [2.24, 2.45) is 0 Å². The molecule has 0 fully saturated rings. The monoisotopic (exact) mass is 195 g/mol. The van der Waals surface area contributed by atoms with Crippen molar-refractivity contribution in [1.29, 1.82) is 0 Å². The normalized spacial score (nSPS) is 9.21. The minimum atomic E-state index is -1.13. The SMILES string of the molecule is CC(=O)Oc1ccc(NC(=O)O)cc1. The lowest BCUT2D eigenvalue weighted by atomic mass is 10.3. The predicted octanol–water partition coefficient (Wildman–Crippen LogP) is 1.70. The number of nitrogens with one attached hydrogen (secondary N) is 1. The third kappa shape index (κ3) is 3.14. The lowest BCUT2D eigenvalue weighted by molar-refractivity contribution is -0.131. The second-order valence-electron chi connectivity index (χ2n) is 2.55. The standard InChI is InChI=1S/C9H9NO4/c1-6(11)14-8-4-2-7(3-5-8)10-9(12)13/h2-5,10H,1H3,(H,12,13). The number of amides is 1. The van der Waals surface area contributed by atoms with Gasteiger partial charge in [0.2, 0.25) is 0 Å². The third-order valence-corrected chi connectivity index (χ3v) is 1.37. The zero-order chi connectivity index (χ0) is 10.6. The van der Waals surface area contributed by atoms with Gasteiger partial charge < -0.3 is 9.84 Å². The number of carboxylic acid groups (broad SMARTS) is 1. The van der Waals surface area contributed by atoms with Gasteiger partial charge >= 0.3 is 12.1 Å². The molecule has 1 aromatic rings.